The summed E-state index contributed by atoms with van der Waals surface area (Å²) in [5.74, 6) is 0. The number of benzene rings is 1. The smallest absolute Gasteiger partial charge is 0.0975 e. The maximum Gasteiger partial charge on any atom is 0.0975 e. The van der Waals surface area contributed by atoms with E-state index in [0.29, 0.717) is 6.04 Å². The number of nitrogens with zero attached hydrogens (tertiary/aromatic N) is 2. The van der Waals surface area contributed by atoms with Crippen LogP contribution in [0.25, 0.3) is 0 Å². The number of rotatable bonds is 1. The van der Waals surface area contributed by atoms with Crippen LogP contribution in [0.2, 0.25) is 0 Å². The quantitative estimate of drug-likeness (QED) is 0.603. The van der Waals surface area contributed by atoms with E-state index in [1.807, 2.05) is 0 Å². The molecule has 1 heterocycles. The van der Waals surface area contributed by atoms with Gasteiger partial charge in [-0.1, -0.05) is 29.8 Å². The fraction of sp³-hybridized carbons (Fsp3) is 0.400. The molecule has 0 aromatic heterocycles. The highest BCUT2D eigenvalue weighted by Crippen LogP contribution is 2.25. The maximum absolute atomic E-state index is 4.16. The molecule has 1 atom stereocenters. The Morgan fingerprint density at radius 3 is 2.58 bits per heavy atom. The molecule has 0 saturated carbocycles. The van der Waals surface area contributed by atoms with Crippen molar-refractivity contribution in [2.24, 2.45) is 10.2 Å². The van der Waals surface area contributed by atoms with Crippen LogP contribution in [0.1, 0.15) is 23.6 Å². The molecule has 1 aromatic carbocycles. The summed E-state index contributed by atoms with van der Waals surface area (Å²) >= 11 is 0. The Kier molecular flexibility index (Phi) is 1.90. The molecule has 62 valence electrons. The lowest BCUT2D eigenvalue weighted by atomic mass is 10.0. The minimum atomic E-state index is 0.325. The molecule has 2 heteroatoms. The van der Waals surface area contributed by atoms with Crippen LogP contribution in [0.4, 0.5) is 0 Å². The molecule has 12 heavy (non-hydrogen) atoms. The van der Waals surface area contributed by atoms with Crippen molar-refractivity contribution in [2.75, 3.05) is 6.54 Å². The Morgan fingerprint density at radius 2 is 2.00 bits per heavy atom. The molecule has 0 spiro atoms. The fourth-order valence-electron chi connectivity index (χ4n) is 1.42. The summed E-state index contributed by atoms with van der Waals surface area (Å²) < 4.78 is 0. The van der Waals surface area contributed by atoms with Gasteiger partial charge >= 0.3 is 0 Å². The van der Waals surface area contributed by atoms with Gasteiger partial charge in [0.1, 0.15) is 0 Å². The second-order valence-corrected chi connectivity index (χ2v) is 3.20. The second kappa shape index (κ2) is 3.05. The zero-order valence-electron chi connectivity index (χ0n) is 7.20. The standard InChI is InChI=1S/C10H12N2/c1-8-2-4-9(5-3-8)10-6-7-11-12-10/h2-5,10H,6-7H2,1H3. The van der Waals surface area contributed by atoms with Crippen LogP contribution in [0, 0.1) is 6.92 Å². The number of hydrogen-bond acceptors (Lipinski definition) is 2. The lowest BCUT2D eigenvalue weighted by Crippen LogP contribution is -1.91. The average molecular weight is 160 g/mol. The van der Waals surface area contributed by atoms with Gasteiger partial charge in [-0.05, 0) is 18.9 Å². The molecule has 0 saturated heterocycles. The van der Waals surface area contributed by atoms with Gasteiger partial charge in [-0.3, -0.25) is 0 Å². The highest BCUT2D eigenvalue weighted by molar-refractivity contribution is 5.24. The number of aryl methyl sites for hydroxylation is 1. The molecule has 1 aliphatic heterocycles. The SMILES string of the molecule is Cc1ccc(C2CCN=N2)cc1. The minimum Gasteiger partial charge on any atom is -0.193 e. The predicted octanol–water partition coefficient (Wildman–Crippen LogP) is 2.89. The summed E-state index contributed by atoms with van der Waals surface area (Å²) in [4.78, 5) is 0. The van der Waals surface area contributed by atoms with Gasteiger partial charge in [0, 0.05) is 0 Å². The molecule has 0 bridgehead atoms. The van der Waals surface area contributed by atoms with Gasteiger partial charge in [0.25, 0.3) is 0 Å². The molecular weight excluding hydrogens is 148 g/mol. The van der Waals surface area contributed by atoms with Crippen molar-refractivity contribution in [3.05, 3.63) is 35.4 Å². The van der Waals surface area contributed by atoms with Crippen molar-refractivity contribution < 1.29 is 0 Å². The lowest BCUT2D eigenvalue weighted by molar-refractivity contribution is 0.741. The largest absolute Gasteiger partial charge is 0.193 e. The molecule has 0 radical (unpaired) electrons. The van der Waals surface area contributed by atoms with Crippen LogP contribution in [-0.4, -0.2) is 6.54 Å². The highest BCUT2D eigenvalue weighted by Gasteiger charge is 2.13. The molecule has 0 N–H and O–H groups in total. The van der Waals surface area contributed by atoms with E-state index in [-0.39, 0.29) is 0 Å². The minimum absolute atomic E-state index is 0.325. The lowest BCUT2D eigenvalue weighted by Gasteiger charge is -2.04. The summed E-state index contributed by atoms with van der Waals surface area (Å²) in [6.07, 6.45) is 1.07. The van der Waals surface area contributed by atoms with Gasteiger partial charge in [-0.15, -0.1) is 0 Å². The zero-order chi connectivity index (χ0) is 8.39. The first kappa shape index (κ1) is 7.47. The maximum atomic E-state index is 4.16. The second-order valence-electron chi connectivity index (χ2n) is 3.20. The average Bonchev–Trinajstić information content (AvgIpc) is 2.58. The topological polar surface area (TPSA) is 24.7 Å². The zero-order valence-corrected chi connectivity index (χ0v) is 7.20. The number of hydrogen-bond donors (Lipinski definition) is 0. The monoisotopic (exact) mass is 160 g/mol. The van der Waals surface area contributed by atoms with E-state index in [0.717, 1.165) is 13.0 Å². The normalized spacial score (nSPS) is 21.6. The van der Waals surface area contributed by atoms with Gasteiger partial charge in [0.2, 0.25) is 0 Å². The van der Waals surface area contributed by atoms with E-state index in [9.17, 15) is 0 Å². The molecule has 2 rings (SSSR count). The molecule has 1 aliphatic rings. The summed E-state index contributed by atoms with van der Waals surface area (Å²) in [5, 5.41) is 8.15. The Bertz CT molecular complexity index is 287. The van der Waals surface area contributed by atoms with Crippen LogP contribution in [0.5, 0.6) is 0 Å². The highest BCUT2D eigenvalue weighted by atomic mass is 15.2. The molecule has 0 amide bonds. The van der Waals surface area contributed by atoms with Crippen LogP contribution in [0.15, 0.2) is 34.5 Å². The molecular formula is C10H12N2. The van der Waals surface area contributed by atoms with Crippen molar-refractivity contribution in [1.29, 1.82) is 0 Å². The molecule has 0 fully saturated rings. The first-order valence-electron chi connectivity index (χ1n) is 4.29. The fourth-order valence-corrected chi connectivity index (χ4v) is 1.42. The van der Waals surface area contributed by atoms with Gasteiger partial charge in [0.15, 0.2) is 0 Å². The van der Waals surface area contributed by atoms with Gasteiger partial charge in [-0.25, -0.2) is 0 Å². The van der Waals surface area contributed by atoms with Crippen LogP contribution < -0.4 is 0 Å². The van der Waals surface area contributed by atoms with Crippen molar-refractivity contribution in [3.63, 3.8) is 0 Å². The van der Waals surface area contributed by atoms with E-state index in [1.54, 1.807) is 0 Å². The van der Waals surface area contributed by atoms with Crippen molar-refractivity contribution >= 4 is 0 Å². The van der Waals surface area contributed by atoms with E-state index in [4.69, 9.17) is 0 Å². The third kappa shape index (κ3) is 1.37. The summed E-state index contributed by atoms with van der Waals surface area (Å²) in [6.45, 7) is 2.98. The van der Waals surface area contributed by atoms with E-state index >= 15 is 0 Å². The van der Waals surface area contributed by atoms with Crippen LogP contribution in [0.3, 0.4) is 0 Å². The van der Waals surface area contributed by atoms with Crippen LogP contribution in [-0.2, 0) is 0 Å². The van der Waals surface area contributed by atoms with Gasteiger partial charge in [0.05, 0.1) is 12.6 Å². The van der Waals surface area contributed by atoms with Crippen molar-refractivity contribution in [2.45, 2.75) is 19.4 Å². The van der Waals surface area contributed by atoms with E-state index < -0.39 is 0 Å². The Balaban J connectivity index is 2.23. The van der Waals surface area contributed by atoms with Gasteiger partial charge < -0.3 is 0 Å². The Hall–Kier alpha value is -1.18. The van der Waals surface area contributed by atoms with E-state index in [2.05, 4.69) is 41.4 Å². The van der Waals surface area contributed by atoms with Crippen molar-refractivity contribution in [3.8, 4) is 0 Å². The molecule has 1 unspecified atom stereocenters. The third-order valence-corrected chi connectivity index (χ3v) is 2.19. The molecule has 1 aromatic rings. The van der Waals surface area contributed by atoms with Crippen molar-refractivity contribution in [1.82, 2.24) is 0 Å². The van der Waals surface area contributed by atoms with Crippen LogP contribution >= 0.6 is 0 Å². The third-order valence-electron chi connectivity index (χ3n) is 2.19. The predicted molar refractivity (Wildman–Crippen MR) is 48.3 cm³/mol. The summed E-state index contributed by atoms with van der Waals surface area (Å²) in [6, 6.07) is 8.87. The summed E-state index contributed by atoms with van der Waals surface area (Å²) in [7, 11) is 0. The Labute approximate surface area is 72.3 Å². The number of azo groups is 1. The first-order valence-corrected chi connectivity index (χ1v) is 4.29. The molecule has 0 aliphatic carbocycles. The Morgan fingerprint density at radius 1 is 1.25 bits per heavy atom. The first-order chi connectivity index (χ1) is 5.86. The van der Waals surface area contributed by atoms with Gasteiger partial charge in [-0.2, -0.15) is 10.2 Å². The molecule has 2 nitrogen and oxygen atoms in total. The van der Waals surface area contributed by atoms with E-state index in [1.165, 1.54) is 11.1 Å². The summed E-state index contributed by atoms with van der Waals surface area (Å²) in [5.41, 5.74) is 2.59.